The highest BCUT2D eigenvalue weighted by atomic mass is 16.1. The van der Waals surface area contributed by atoms with E-state index in [1.54, 1.807) is 36.4 Å². The Morgan fingerprint density at radius 3 is 2.43 bits per heavy atom. The zero-order chi connectivity index (χ0) is 19.1. The number of hydrogen-bond donors (Lipinski definition) is 1. The van der Waals surface area contributed by atoms with Crippen LogP contribution in [0.25, 0.3) is 0 Å². The van der Waals surface area contributed by atoms with E-state index < -0.39 is 0 Å². The number of hydrogen-bond acceptors (Lipinski definition) is 5. The zero-order valence-electron chi connectivity index (χ0n) is 15.4. The predicted molar refractivity (Wildman–Crippen MR) is 105 cm³/mol. The summed E-state index contributed by atoms with van der Waals surface area (Å²) in [6.45, 7) is 1.48. The van der Waals surface area contributed by atoms with Crippen LogP contribution in [0, 0.1) is 0 Å². The molecule has 0 radical (unpaired) electrons. The molecular weight excluding hydrogens is 352 g/mol. The lowest BCUT2D eigenvalue weighted by molar-refractivity contribution is 0.0979. The number of carbonyl (C=O) groups is 2. The number of aromatic nitrogens is 3. The van der Waals surface area contributed by atoms with Gasteiger partial charge in [-0.1, -0.05) is 30.7 Å². The summed E-state index contributed by atoms with van der Waals surface area (Å²) in [4.78, 5) is 25.6. The average molecular weight is 372 g/mol. The van der Waals surface area contributed by atoms with Crippen molar-refractivity contribution < 1.29 is 9.59 Å². The van der Waals surface area contributed by atoms with E-state index in [1.807, 2.05) is 6.07 Å². The van der Waals surface area contributed by atoms with Gasteiger partial charge in [0.05, 0.1) is 6.54 Å². The molecule has 0 bridgehead atoms. The Morgan fingerprint density at radius 2 is 1.61 bits per heavy atom. The largest absolute Gasteiger partial charge is 0.378 e. The van der Waals surface area contributed by atoms with E-state index >= 15 is 0 Å². The van der Waals surface area contributed by atoms with Gasteiger partial charge in [0.1, 0.15) is 5.82 Å². The second kappa shape index (κ2) is 6.71. The van der Waals surface area contributed by atoms with Crippen molar-refractivity contribution in [3.8, 4) is 0 Å². The maximum Gasteiger partial charge on any atom is 0.194 e. The SMILES string of the molecule is O=C1c2ccccc2C(=O)c2cc(NCc3nnc4n3CCCCC4)ccc21. The number of nitrogens with zero attached hydrogens (tertiary/aromatic N) is 3. The van der Waals surface area contributed by atoms with Gasteiger partial charge in [-0.15, -0.1) is 10.2 Å². The van der Waals surface area contributed by atoms with Gasteiger partial charge in [0.25, 0.3) is 0 Å². The number of benzene rings is 2. The van der Waals surface area contributed by atoms with Gasteiger partial charge in [-0.25, -0.2) is 0 Å². The molecule has 3 aromatic rings. The highest BCUT2D eigenvalue weighted by Crippen LogP contribution is 2.29. The first-order valence-corrected chi connectivity index (χ1v) is 9.69. The summed E-state index contributed by atoms with van der Waals surface area (Å²) in [6, 6.07) is 12.3. The van der Waals surface area contributed by atoms with Gasteiger partial charge >= 0.3 is 0 Å². The maximum atomic E-state index is 12.9. The minimum Gasteiger partial charge on any atom is -0.378 e. The zero-order valence-corrected chi connectivity index (χ0v) is 15.4. The van der Waals surface area contributed by atoms with E-state index in [9.17, 15) is 9.59 Å². The number of anilines is 1. The lowest BCUT2D eigenvalue weighted by Crippen LogP contribution is -2.21. The molecule has 2 aromatic carbocycles. The summed E-state index contributed by atoms with van der Waals surface area (Å²) in [6.07, 6.45) is 4.50. The second-order valence-electron chi connectivity index (χ2n) is 7.31. The molecule has 28 heavy (non-hydrogen) atoms. The molecule has 0 saturated carbocycles. The summed E-state index contributed by atoms with van der Waals surface area (Å²) in [5, 5.41) is 12.0. The quantitative estimate of drug-likeness (QED) is 0.596. The van der Waals surface area contributed by atoms with Gasteiger partial charge in [-0.2, -0.15) is 0 Å². The summed E-state index contributed by atoms with van der Waals surface area (Å²) in [5.74, 6) is 1.75. The molecule has 0 unspecified atom stereocenters. The Kier molecular flexibility index (Phi) is 4.04. The fourth-order valence-corrected chi connectivity index (χ4v) is 4.07. The Morgan fingerprint density at radius 1 is 0.857 bits per heavy atom. The van der Waals surface area contributed by atoms with Crippen LogP contribution in [0.5, 0.6) is 0 Å². The molecule has 0 spiro atoms. The van der Waals surface area contributed by atoms with Crippen LogP contribution in [0.1, 0.15) is 62.8 Å². The van der Waals surface area contributed by atoms with Crippen LogP contribution in [-0.2, 0) is 19.5 Å². The van der Waals surface area contributed by atoms with Crippen molar-refractivity contribution in [1.29, 1.82) is 0 Å². The molecule has 0 saturated heterocycles. The third-order valence-electron chi connectivity index (χ3n) is 5.56. The molecule has 2 aliphatic rings. The van der Waals surface area contributed by atoms with Crippen molar-refractivity contribution in [2.24, 2.45) is 0 Å². The van der Waals surface area contributed by atoms with Gasteiger partial charge in [0.2, 0.25) is 0 Å². The summed E-state index contributed by atoms with van der Waals surface area (Å²) < 4.78 is 2.20. The van der Waals surface area contributed by atoms with Crippen molar-refractivity contribution in [2.75, 3.05) is 5.32 Å². The van der Waals surface area contributed by atoms with Gasteiger partial charge in [-0.05, 0) is 31.0 Å². The number of ketones is 2. The fraction of sp³-hybridized carbons (Fsp3) is 0.273. The lowest BCUT2D eigenvalue weighted by Gasteiger charge is -2.18. The van der Waals surface area contributed by atoms with Crippen LogP contribution in [0.4, 0.5) is 5.69 Å². The Labute approximate surface area is 162 Å². The third kappa shape index (κ3) is 2.72. The molecule has 0 atom stereocenters. The molecule has 6 heteroatoms. The molecule has 1 aromatic heterocycles. The van der Waals surface area contributed by atoms with E-state index in [1.165, 1.54) is 6.42 Å². The average Bonchev–Trinajstić information content (AvgIpc) is 2.96. The van der Waals surface area contributed by atoms with Crippen molar-refractivity contribution in [2.45, 2.75) is 38.8 Å². The molecule has 0 amide bonds. The summed E-state index contributed by atoms with van der Waals surface area (Å²) >= 11 is 0. The number of rotatable bonds is 3. The van der Waals surface area contributed by atoms with E-state index in [0.717, 1.165) is 43.1 Å². The minimum absolute atomic E-state index is 0.0977. The van der Waals surface area contributed by atoms with Gasteiger partial charge in [-0.3, -0.25) is 9.59 Å². The van der Waals surface area contributed by atoms with Crippen LogP contribution < -0.4 is 5.32 Å². The third-order valence-corrected chi connectivity index (χ3v) is 5.56. The maximum absolute atomic E-state index is 12.9. The number of carbonyl (C=O) groups excluding carboxylic acids is 2. The molecule has 140 valence electrons. The highest BCUT2D eigenvalue weighted by Gasteiger charge is 2.29. The number of fused-ring (bicyclic) bond motifs is 3. The highest BCUT2D eigenvalue weighted by molar-refractivity contribution is 6.28. The Bertz CT molecular complexity index is 1100. The first-order valence-electron chi connectivity index (χ1n) is 9.69. The van der Waals surface area contributed by atoms with E-state index in [-0.39, 0.29) is 11.6 Å². The first kappa shape index (κ1) is 16.9. The van der Waals surface area contributed by atoms with Gasteiger partial charge in [0.15, 0.2) is 17.4 Å². The molecule has 1 aliphatic heterocycles. The van der Waals surface area contributed by atoms with Crippen LogP contribution in [0.15, 0.2) is 42.5 Å². The fourth-order valence-electron chi connectivity index (χ4n) is 4.07. The predicted octanol–water partition coefficient (Wildman–Crippen LogP) is 3.39. The number of nitrogens with one attached hydrogen (secondary N) is 1. The Balaban J connectivity index is 1.41. The molecule has 2 heterocycles. The molecule has 1 N–H and O–H groups in total. The standard InChI is InChI=1S/C22H20N4O2/c27-21-15-6-3-4-7-16(15)22(28)18-12-14(9-10-17(18)21)23-13-20-25-24-19-8-2-1-5-11-26(19)20/h3-4,6-7,9-10,12,23H,1-2,5,8,11,13H2. The molecule has 5 rings (SSSR count). The molecule has 6 nitrogen and oxygen atoms in total. The van der Waals surface area contributed by atoms with E-state index in [2.05, 4.69) is 20.1 Å². The Hall–Kier alpha value is -3.28. The van der Waals surface area contributed by atoms with Crippen LogP contribution in [0.3, 0.4) is 0 Å². The second-order valence-corrected chi connectivity index (χ2v) is 7.31. The van der Waals surface area contributed by atoms with E-state index in [0.29, 0.717) is 28.8 Å². The minimum atomic E-state index is -0.106. The van der Waals surface area contributed by atoms with Crippen LogP contribution in [0.2, 0.25) is 0 Å². The molecular formula is C22H20N4O2. The van der Waals surface area contributed by atoms with Gasteiger partial charge < -0.3 is 9.88 Å². The van der Waals surface area contributed by atoms with E-state index in [4.69, 9.17) is 0 Å². The van der Waals surface area contributed by atoms with Crippen molar-refractivity contribution in [3.05, 3.63) is 76.4 Å². The van der Waals surface area contributed by atoms with Crippen molar-refractivity contribution in [3.63, 3.8) is 0 Å². The molecule has 1 aliphatic carbocycles. The van der Waals surface area contributed by atoms with Crippen LogP contribution >= 0.6 is 0 Å². The summed E-state index contributed by atoms with van der Waals surface area (Å²) in [5.41, 5.74) is 2.66. The van der Waals surface area contributed by atoms with Gasteiger partial charge in [0, 0.05) is 40.9 Å². The summed E-state index contributed by atoms with van der Waals surface area (Å²) in [7, 11) is 0. The van der Waals surface area contributed by atoms with Crippen molar-refractivity contribution in [1.82, 2.24) is 14.8 Å². The van der Waals surface area contributed by atoms with Crippen LogP contribution in [-0.4, -0.2) is 26.3 Å². The van der Waals surface area contributed by atoms with Crippen molar-refractivity contribution >= 4 is 17.3 Å². The topological polar surface area (TPSA) is 76.9 Å². The lowest BCUT2D eigenvalue weighted by atomic mass is 9.84. The normalized spacial score (nSPS) is 15.4. The number of aryl methyl sites for hydroxylation is 1. The molecule has 0 fully saturated rings. The monoisotopic (exact) mass is 372 g/mol. The smallest absolute Gasteiger partial charge is 0.194 e. The first-order chi connectivity index (χ1) is 13.7.